The lowest BCUT2D eigenvalue weighted by molar-refractivity contribution is 0.171. The van der Waals surface area contributed by atoms with Crippen molar-refractivity contribution in [2.75, 3.05) is 31.8 Å². The zero-order chi connectivity index (χ0) is 16.5. The van der Waals surface area contributed by atoms with Gasteiger partial charge in [0.15, 0.2) is 11.5 Å². The van der Waals surface area contributed by atoms with E-state index >= 15 is 0 Å². The molecule has 2 aliphatic rings. The molecule has 1 aromatic carbocycles. The van der Waals surface area contributed by atoms with Crippen LogP contribution < -0.4 is 19.1 Å². The number of anilines is 1. The van der Waals surface area contributed by atoms with Crippen molar-refractivity contribution in [2.24, 2.45) is 0 Å². The van der Waals surface area contributed by atoms with Crippen LogP contribution in [0.15, 0.2) is 24.3 Å². The van der Waals surface area contributed by atoms with E-state index in [4.69, 9.17) is 14.2 Å². The minimum atomic E-state index is 0.243. The number of rotatable bonds is 3. The molecule has 3 heterocycles. The lowest BCUT2D eigenvalue weighted by Crippen LogP contribution is -2.25. The summed E-state index contributed by atoms with van der Waals surface area (Å²) in [5.41, 5.74) is 2.12. The van der Waals surface area contributed by atoms with Gasteiger partial charge in [0, 0.05) is 18.3 Å². The van der Waals surface area contributed by atoms with Crippen LogP contribution in [0.1, 0.15) is 30.1 Å². The number of methoxy groups -OCH3 is 1. The van der Waals surface area contributed by atoms with Crippen molar-refractivity contribution >= 4 is 5.95 Å². The lowest BCUT2D eigenvalue weighted by Gasteiger charge is -2.27. The Bertz CT molecular complexity index is 750. The Morgan fingerprint density at radius 1 is 1.12 bits per heavy atom. The average Bonchev–Trinajstić information content (AvgIpc) is 3.10. The fourth-order valence-corrected chi connectivity index (χ4v) is 3.38. The standard InChI is InChI=1S/C18H21N3O3/c1-12-10-17(22-2)20-18(19-12)21-7-3-4-14(21)13-5-6-15-16(11-13)24-9-8-23-15/h5-6,10-11,14H,3-4,7-9H2,1-2H3. The Morgan fingerprint density at radius 3 is 2.79 bits per heavy atom. The lowest BCUT2D eigenvalue weighted by atomic mass is 10.0. The Kier molecular flexibility index (Phi) is 3.88. The summed E-state index contributed by atoms with van der Waals surface area (Å²) in [7, 11) is 1.63. The van der Waals surface area contributed by atoms with Gasteiger partial charge in [0.1, 0.15) is 13.2 Å². The molecule has 0 aliphatic carbocycles. The number of benzene rings is 1. The Labute approximate surface area is 141 Å². The van der Waals surface area contributed by atoms with Gasteiger partial charge in [-0.05, 0) is 37.5 Å². The number of fused-ring (bicyclic) bond motifs is 1. The molecule has 4 rings (SSSR count). The molecule has 2 aromatic rings. The van der Waals surface area contributed by atoms with Crippen LogP contribution in [-0.2, 0) is 0 Å². The highest BCUT2D eigenvalue weighted by Crippen LogP contribution is 2.39. The van der Waals surface area contributed by atoms with Crippen LogP contribution >= 0.6 is 0 Å². The van der Waals surface area contributed by atoms with Crippen LogP contribution in [0.3, 0.4) is 0 Å². The van der Waals surface area contributed by atoms with E-state index in [-0.39, 0.29) is 6.04 Å². The monoisotopic (exact) mass is 327 g/mol. The molecule has 0 spiro atoms. The summed E-state index contributed by atoms with van der Waals surface area (Å²) in [6.45, 7) is 4.11. The van der Waals surface area contributed by atoms with Gasteiger partial charge < -0.3 is 19.1 Å². The minimum absolute atomic E-state index is 0.243. The second kappa shape index (κ2) is 6.19. The number of nitrogens with zero attached hydrogens (tertiary/aromatic N) is 3. The number of hydrogen-bond donors (Lipinski definition) is 0. The maximum atomic E-state index is 5.73. The van der Waals surface area contributed by atoms with Crippen LogP contribution in [0.25, 0.3) is 0 Å². The molecule has 0 radical (unpaired) electrons. The van der Waals surface area contributed by atoms with Crippen LogP contribution in [-0.4, -0.2) is 36.8 Å². The molecule has 1 aromatic heterocycles. The van der Waals surface area contributed by atoms with Crippen molar-refractivity contribution < 1.29 is 14.2 Å². The quantitative estimate of drug-likeness (QED) is 0.864. The van der Waals surface area contributed by atoms with Gasteiger partial charge in [-0.2, -0.15) is 4.98 Å². The molecule has 126 valence electrons. The first-order valence-electron chi connectivity index (χ1n) is 8.30. The molecule has 0 saturated carbocycles. The van der Waals surface area contributed by atoms with E-state index in [2.05, 4.69) is 27.0 Å². The molecule has 6 nitrogen and oxygen atoms in total. The SMILES string of the molecule is COc1cc(C)nc(N2CCCC2c2ccc3c(c2)OCCO3)n1. The zero-order valence-corrected chi connectivity index (χ0v) is 14.0. The highest BCUT2D eigenvalue weighted by Gasteiger charge is 2.29. The van der Waals surface area contributed by atoms with E-state index in [1.165, 1.54) is 5.56 Å². The van der Waals surface area contributed by atoms with Gasteiger partial charge in [-0.3, -0.25) is 0 Å². The summed E-state index contributed by atoms with van der Waals surface area (Å²) >= 11 is 0. The zero-order valence-electron chi connectivity index (χ0n) is 14.0. The summed E-state index contributed by atoms with van der Waals surface area (Å²) in [5.74, 6) is 2.98. The molecular formula is C18H21N3O3. The van der Waals surface area contributed by atoms with E-state index in [1.807, 2.05) is 19.1 Å². The molecule has 6 heteroatoms. The third-order valence-corrected chi connectivity index (χ3v) is 4.49. The summed E-state index contributed by atoms with van der Waals surface area (Å²) in [4.78, 5) is 11.4. The molecule has 1 saturated heterocycles. The van der Waals surface area contributed by atoms with Crippen LogP contribution in [0.5, 0.6) is 17.4 Å². The van der Waals surface area contributed by atoms with E-state index in [9.17, 15) is 0 Å². The fraction of sp³-hybridized carbons (Fsp3) is 0.444. The molecule has 2 aliphatic heterocycles. The molecule has 1 unspecified atom stereocenters. The number of ether oxygens (including phenoxy) is 3. The molecule has 0 bridgehead atoms. The highest BCUT2D eigenvalue weighted by atomic mass is 16.6. The van der Waals surface area contributed by atoms with Gasteiger partial charge in [-0.1, -0.05) is 6.07 Å². The molecule has 0 amide bonds. The summed E-state index contributed by atoms with van der Waals surface area (Å²) < 4.78 is 16.6. The van der Waals surface area contributed by atoms with Gasteiger partial charge in [-0.25, -0.2) is 4.98 Å². The van der Waals surface area contributed by atoms with Crippen LogP contribution in [0, 0.1) is 6.92 Å². The molecule has 1 fully saturated rings. The molecular weight excluding hydrogens is 306 g/mol. The van der Waals surface area contributed by atoms with E-state index in [0.717, 1.165) is 42.5 Å². The third-order valence-electron chi connectivity index (χ3n) is 4.49. The van der Waals surface area contributed by atoms with Gasteiger partial charge in [0.25, 0.3) is 0 Å². The topological polar surface area (TPSA) is 56.7 Å². The number of aryl methyl sites for hydroxylation is 1. The molecule has 24 heavy (non-hydrogen) atoms. The first kappa shape index (κ1) is 15.1. The Morgan fingerprint density at radius 2 is 1.96 bits per heavy atom. The average molecular weight is 327 g/mol. The van der Waals surface area contributed by atoms with Crippen molar-refractivity contribution in [1.29, 1.82) is 0 Å². The largest absolute Gasteiger partial charge is 0.486 e. The second-order valence-corrected chi connectivity index (χ2v) is 6.11. The van der Waals surface area contributed by atoms with Crippen molar-refractivity contribution in [2.45, 2.75) is 25.8 Å². The Balaban J connectivity index is 1.67. The first-order chi connectivity index (χ1) is 11.7. The van der Waals surface area contributed by atoms with Gasteiger partial charge in [-0.15, -0.1) is 0 Å². The summed E-state index contributed by atoms with van der Waals surface area (Å²) in [6, 6.07) is 8.29. The third kappa shape index (κ3) is 2.72. The first-order valence-corrected chi connectivity index (χ1v) is 8.30. The Hall–Kier alpha value is -2.50. The van der Waals surface area contributed by atoms with Crippen molar-refractivity contribution in [3.05, 3.63) is 35.5 Å². The maximum absolute atomic E-state index is 5.73. The number of aromatic nitrogens is 2. The van der Waals surface area contributed by atoms with E-state index in [1.54, 1.807) is 7.11 Å². The summed E-state index contributed by atoms with van der Waals surface area (Å²) in [5, 5.41) is 0. The van der Waals surface area contributed by atoms with Crippen LogP contribution in [0.4, 0.5) is 5.95 Å². The predicted molar refractivity (Wildman–Crippen MR) is 90.1 cm³/mol. The predicted octanol–water partition coefficient (Wildman–Crippen LogP) is 2.91. The van der Waals surface area contributed by atoms with E-state index in [0.29, 0.717) is 19.1 Å². The van der Waals surface area contributed by atoms with Gasteiger partial charge in [0.2, 0.25) is 11.8 Å². The van der Waals surface area contributed by atoms with Crippen molar-refractivity contribution in [1.82, 2.24) is 9.97 Å². The number of hydrogen-bond acceptors (Lipinski definition) is 6. The fourth-order valence-electron chi connectivity index (χ4n) is 3.38. The normalized spacial score (nSPS) is 19.4. The highest BCUT2D eigenvalue weighted by molar-refractivity contribution is 5.48. The van der Waals surface area contributed by atoms with Crippen molar-refractivity contribution in [3.8, 4) is 17.4 Å². The van der Waals surface area contributed by atoms with Crippen molar-refractivity contribution in [3.63, 3.8) is 0 Å². The second-order valence-electron chi connectivity index (χ2n) is 6.11. The van der Waals surface area contributed by atoms with Gasteiger partial charge in [0.05, 0.1) is 13.2 Å². The maximum Gasteiger partial charge on any atom is 0.229 e. The molecule has 1 atom stereocenters. The molecule has 0 N–H and O–H groups in total. The minimum Gasteiger partial charge on any atom is -0.486 e. The van der Waals surface area contributed by atoms with E-state index < -0.39 is 0 Å². The smallest absolute Gasteiger partial charge is 0.229 e. The van der Waals surface area contributed by atoms with Crippen LogP contribution in [0.2, 0.25) is 0 Å². The van der Waals surface area contributed by atoms with Gasteiger partial charge >= 0.3 is 0 Å². The summed E-state index contributed by atoms with van der Waals surface area (Å²) in [6.07, 6.45) is 2.18.